The zero-order valence-corrected chi connectivity index (χ0v) is 15.0. The predicted octanol–water partition coefficient (Wildman–Crippen LogP) is 4.17. The lowest BCUT2D eigenvalue weighted by Crippen LogP contribution is -2.11. The molecule has 7 heteroatoms. The molecule has 3 rings (SSSR count). The Hall–Kier alpha value is -2.38. The molecule has 0 bridgehead atoms. The quantitative estimate of drug-likeness (QED) is 0.610. The van der Waals surface area contributed by atoms with E-state index in [1.165, 1.54) is 11.8 Å². The summed E-state index contributed by atoms with van der Waals surface area (Å²) >= 11 is 6.70. The molecule has 0 aliphatic heterocycles. The Morgan fingerprint density at radius 3 is 2.44 bits per heavy atom. The van der Waals surface area contributed by atoms with Crippen LogP contribution in [-0.2, 0) is 11.3 Å². The molecule has 0 aliphatic rings. The molecule has 3 aromatic rings. The molecule has 0 fully saturated rings. The van der Waals surface area contributed by atoms with Gasteiger partial charge in [-0.1, -0.05) is 60.7 Å². The van der Waals surface area contributed by atoms with Crippen molar-refractivity contribution >= 4 is 29.9 Å². The van der Waals surface area contributed by atoms with Gasteiger partial charge >= 0.3 is 5.97 Å². The van der Waals surface area contributed by atoms with Crippen LogP contribution < -0.4 is 0 Å². The van der Waals surface area contributed by atoms with Crippen LogP contribution >= 0.6 is 24.0 Å². The molecular weight excluding hydrogens is 354 g/mol. The minimum atomic E-state index is -0.838. The van der Waals surface area contributed by atoms with Gasteiger partial charge in [0.25, 0.3) is 0 Å². The van der Waals surface area contributed by atoms with Gasteiger partial charge < -0.3 is 5.11 Å². The van der Waals surface area contributed by atoms with Crippen molar-refractivity contribution in [3.05, 3.63) is 71.0 Å². The third-order valence-corrected chi connectivity index (χ3v) is 5.25. The van der Waals surface area contributed by atoms with Crippen molar-refractivity contribution in [3.8, 4) is 11.4 Å². The summed E-state index contributed by atoms with van der Waals surface area (Å²) in [6.45, 7) is 0.584. The van der Waals surface area contributed by atoms with Crippen LogP contribution in [0.25, 0.3) is 11.4 Å². The highest BCUT2D eigenvalue weighted by Crippen LogP contribution is 2.29. The summed E-state index contributed by atoms with van der Waals surface area (Å²) in [4.78, 5) is 11.6. The summed E-state index contributed by atoms with van der Waals surface area (Å²) in [6.07, 6.45) is 0. The van der Waals surface area contributed by atoms with Crippen molar-refractivity contribution in [2.75, 3.05) is 5.75 Å². The van der Waals surface area contributed by atoms with E-state index in [0.29, 0.717) is 17.1 Å². The van der Waals surface area contributed by atoms with Crippen LogP contribution in [-0.4, -0.2) is 31.6 Å². The molecule has 1 aromatic heterocycles. The summed E-state index contributed by atoms with van der Waals surface area (Å²) in [5.74, 6) is 0.535. The number of nitrogens with zero attached hydrogens (tertiary/aromatic N) is 2. The van der Waals surface area contributed by atoms with Gasteiger partial charge in [0.05, 0.1) is 0 Å². The van der Waals surface area contributed by atoms with Crippen molar-refractivity contribution in [1.29, 1.82) is 0 Å². The van der Waals surface area contributed by atoms with E-state index < -0.39 is 11.2 Å². The Morgan fingerprint density at radius 1 is 1.16 bits per heavy atom. The second-order valence-corrected chi connectivity index (χ2v) is 6.97. The van der Waals surface area contributed by atoms with Gasteiger partial charge in [0.1, 0.15) is 5.25 Å². The van der Waals surface area contributed by atoms with Crippen molar-refractivity contribution in [2.24, 2.45) is 0 Å². The number of thioether (sulfide) groups is 1. The molecule has 0 amide bonds. The van der Waals surface area contributed by atoms with E-state index in [-0.39, 0.29) is 0 Å². The zero-order chi connectivity index (χ0) is 17.6. The van der Waals surface area contributed by atoms with Crippen molar-refractivity contribution in [1.82, 2.24) is 14.8 Å². The first kappa shape index (κ1) is 17.4. The molecular formula is C18H17N3O2S2. The molecule has 1 atom stereocenters. The number of rotatable bonds is 7. The minimum Gasteiger partial charge on any atom is -0.480 e. The molecule has 1 heterocycles. The number of H-pyrrole nitrogens is 1. The second-order valence-electron chi connectivity index (χ2n) is 5.37. The predicted molar refractivity (Wildman–Crippen MR) is 102 cm³/mol. The highest BCUT2D eigenvalue weighted by Gasteiger charge is 2.20. The third-order valence-electron chi connectivity index (χ3n) is 3.72. The van der Waals surface area contributed by atoms with Crippen molar-refractivity contribution in [2.45, 2.75) is 11.8 Å². The van der Waals surface area contributed by atoms with Gasteiger partial charge in [-0.3, -0.25) is 14.5 Å². The smallest absolute Gasteiger partial charge is 0.321 e. The number of carboxylic acid groups (broad SMARTS) is 1. The van der Waals surface area contributed by atoms with Crippen LogP contribution in [0.3, 0.4) is 0 Å². The number of carbonyl (C=O) groups is 1. The van der Waals surface area contributed by atoms with Crippen LogP contribution in [0, 0.1) is 4.77 Å². The average molecular weight is 371 g/mol. The molecule has 25 heavy (non-hydrogen) atoms. The van der Waals surface area contributed by atoms with E-state index in [4.69, 9.17) is 12.2 Å². The Balaban J connectivity index is 1.73. The lowest BCUT2D eigenvalue weighted by molar-refractivity contribution is -0.136. The number of aromatic nitrogens is 3. The normalized spacial score (nSPS) is 12.0. The molecule has 0 radical (unpaired) electrons. The number of nitrogens with one attached hydrogen (secondary N) is 1. The van der Waals surface area contributed by atoms with Gasteiger partial charge in [0, 0.05) is 17.9 Å². The molecule has 5 nitrogen and oxygen atoms in total. The maximum absolute atomic E-state index is 11.6. The second kappa shape index (κ2) is 8.13. The first-order valence-corrected chi connectivity index (χ1v) is 9.22. The summed E-state index contributed by atoms with van der Waals surface area (Å²) in [5, 5.41) is 16.0. The SMILES string of the molecule is O=C(O)C(SCCn1c(-c2ccccc2)n[nH]c1=S)c1ccccc1. The van der Waals surface area contributed by atoms with Crippen LogP contribution in [0.5, 0.6) is 0 Å². The number of aliphatic carboxylic acids is 1. The Morgan fingerprint density at radius 2 is 1.80 bits per heavy atom. The Kier molecular flexibility index (Phi) is 5.67. The number of hydrogen-bond donors (Lipinski definition) is 2. The fraction of sp³-hybridized carbons (Fsp3) is 0.167. The zero-order valence-electron chi connectivity index (χ0n) is 13.3. The topological polar surface area (TPSA) is 70.9 Å². The van der Waals surface area contributed by atoms with Gasteiger partial charge in [0.2, 0.25) is 0 Å². The fourth-order valence-electron chi connectivity index (χ4n) is 2.53. The van der Waals surface area contributed by atoms with E-state index in [2.05, 4.69) is 10.2 Å². The van der Waals surface area contributed by atoms with Gasteiger partial charge in [0.15, 0.2) is 10.6 Å². The highest BCUT2D eigenvalue weighted by molar-refractivity contribution is 8.00. The molecule has 128 valence electrons. The van der Waals surface area contributed by atoms with Crippen molar-refractivity contribution < 1.29 is 9.90 Å². The Labute approximate surface area is 154 Å². The van der Waals surface area contributed by atoms with Crippen LogP contribution in [0.1, 0.15) is 10.8 Å². The Bertz CT molecular complexity index is 891. The van der Waals surface area contributed by atoms with E-state index in [9.17, 15) is 9.90 Å². The molecule has 0 aliphatic carbocycles. The van der Waals surface area contributed by atoms with Gasteiger partial charge in [-0.15, -0.1) is 11.8 Å². The van der Waals surface area contributed by atoms with E-state index in [1.807, 2.05) is 65.2 Å². The summed E-state index contributed by atoms with van der Waals surface area (Å²) in [7, 11) is 0. The first-order chi connectivity index (χ1) is 12.2. The summed E-state index contributed by atoms with van der Waals surface area (Å²) in [5.41, 5.74) is 1.76. The number of aromatic amines is 1. The minimum absolute atomic E-state index is 0.533. The monoisotopic (exact) mass is 371 g/mol. The summed E-state index contributed by atoms with van der Waals surface area (Å²) in [6, 6.07) is 19.0. The van der Waals surface area contributed by atoms with Crippen molar-refractivity contribution in [3.63, 3.8) is 0 Å². The van der Waals surface area contributed by atoms with E-state index >= 15 is 0 Å². The van der Waals surface area contributed by atoms with Gasteiger partial charge in [-0.05, 0) is 17.8 Å². The maximum Gasteiger partial charge on any atom is 0.321 e. The van der Waals surface area contributed by atoms with Crippen LogP contribution in [0.4, 0.5) is 0 Å². The number of hydrogen-bond acceptors (Lipinski definition) is 4. The van der Waals surface area contributed by atoms with E-state index in [1.54, 1.807) is 0 Å². The molecule has 0 spiro atoms. The van der Waals surface area contributed by atoms with Gasteiger partial charge in [-0.2, -0.15) is 5.10 Å². The third kappa shape index (κ3) is 4.18. The summed E-state index contributed by atoms with van der Waals surface area (Å²) < 4.78 is 2.44. The highest BCUT2D eigenvalue weighted by atomic mass is 32.2. The first-order valence-electron chi connectivity index (χ1n) is 7.77. The maximum atomic E-state index is 11.6. The average Bonchev–Trinajstić information content (AvgIpc) is 3.00. The van der Waals surface area contributed by atoms with Crippen LogP contribution in [0.15, 0.2) is 60.7 Å². The molecule has 2 aromatic carbocycles. The fourth-order valence-corrected chi connectivity index (χ4v) is 3.77. The lowest BCUT2D eigenvalue weighted by Gasteiger charge is -2.13. The van der Waals surface area contributed by atoms with E-state index in [0.717, 1.165) is 17.0 Å². The lowest BCUT2D eigenvalue weighted by atomic mass is 10.1. The molecule has 2 N–H and O–H groups in total. The number of carboxylic acids is 1. The molecule has 1 unspecified atom stereocenters. The molecule has 0 saturated heterocycles. The molecule has 0 saturated carbocycles. The van der Waals surface area contributed by atoms with Crippen LogP contribution in [0.2, 0.25) is 0 Å². The largest absolute Gasteiger partial charge is 0.480 e. The van der Waals surface area contributed by atoms with Gasteiger partial charge in [-0.25, -0.2) is 0 Å². The standard InChI is InChI=1S/C18H17N3O2S2/c22-17(23)15(13-7-3-1-4-8-13)25-12-11-21-16(19-20-18(21)24)14-9-5-2-6-10-14/h1-10,15H,11-12H2,(H,20,24)(H,22,23). The number of benzene rings is 2.